The number of aryl methyl sites for hydroxylation is 1. The standard InChI is InChI=1S/C21H23NO5/c1-26-20(24)17-12-7-11-16(14-17)19(23)22-18(21(25)27-2)13-6-10-15-8-4-3-5-9-15/h3-5,7-9,11-12,14,18H,6,10,13H2,1-2H3,(H,22,23)/t18-/m0/s1. The molecule has 1 amide bonds. The average Bonchev–Trinajstić information content (AvgIpc) is 2.72. The molecule has 1 atom stereocenters. The van der Waals surface area contributed by atoms with Crippen molar-refractivity contribution in [2.45, 2.75) is 25.3 Å². The zero-order chi connectivity index (χ0) is 19.6. The van der Waals surface area contributed by atoms with Crippen LogP contribution >= 0.6 is 0 Å². The number of nitrogens with one attached hydrogen (secondary N) is 1. The summed E-state index contributed by atoms with van der Waals surface area (Å²) in [5, 5.41) is 2.69. The molecule has 0 aliphatic heterocycles. The van der Waals surface area contributed by atoms with Crippen molar-refractivity contribution in [3.8, 4) is 0 Å². The number of rotatable bonds is 8. The Kier molecular flexibility index (Phi) is 7.55. The number of amides is 1. The fourth-order valence-corrected chi connectivity index (χ4v) is 2.69. The molecule has 0 saturated heterocycles. The highest BCUT2D eigenvalue weighted by Gasteiger charge is 2.22. The maximum atomic E-state index is 12.5. The van der Waals surface area contributed by atoms with Crippen molar-refractivity contribution in [1.82, 2.24) is 5.32 Å². The molecule has 0 aliphatic carbocycles. The van der Waals surface area contributed by atoms with Crippen molar-refractivity contribution >= 4 is 17.8 Å². The molecule has 0 radical (unpaired) electrons. The van der Waals surface area contributed by atoms with Crippen LogP contribution in [0.2, 0.25) is 0 Å². The van der Waals surface area contributed by atoms with E-state index in [1.165, 1.54) is 25.8 Å². The second kappa shape index (κ2) is 10.1. The van der Waals surface area contributed by atoms with Gasteiger partial charge in [0.15, 0.2) is 0 Å². The van der Waals surface area contributed by atoms with Crippen LogP contribution in [0.4, 0.5) is 0 Å². The maximum Gasteiger partial charge on any atom is 0.337 e. The van der Waals surface area contributed by atoms with Crippen LogP contribution in [-0.4, -0.2) is 38.1 Å². The van der Waals surface area contributed by atoms with Gasteiger partial charge in [0.05, 0.1) is 19.8 Å². The van der Waals surface area contributed by atoms with E-state index in [4.69, 9.17) is 4.74 Å². The number of methoxy groups -OCH3 is 2. The molecule has 2 rings (SSSR count). The van der Waals surface area contributed by atoms with Gasteiger partial charge in [-0.1, -0.05) is 36.4 Å². The van der Waals surface area contributed by atoms with Gasteiger partial charge in [0, 0.05) is 5.56 Å². The summed E-state index contributed by atoms with van der Waals surface area (Å²) < 4.78 is 9.46. The van der Waals surface area contributed by atoms with E-state index in [1.807, 2.05) is 30.3 Å². The van der Waals surface area contributed by atoms with Gasteiger partial charge in [-0.25, -0.2) is 9.59 Å². The monoisotopic (exact) mass is 369 g/mol. The first-order chi connectivity index (χ1) is 13.0. The SMILES string of the molecule is COC(=O)c1cccc(C(=O)N[C@@H](CCCc2ccccc2)C(=O)OC)c1. The Balaban J connectivity index is 2.01. The Morgan fingerprint density at radius 3 is 2.30 bits per heavy atom. The smallest absolute Gasteiger partial charge is 0.337 e. The molecule has 0 aromatic heterocycles. The molecular weight excluding hydrogens is 346 g/mol. The number of hydrogen-bond acceptors (Lipinski definition) is 5. The molecule has 0 unspecified atom stereocenters. The number of hydrogen-bond donors (Lipinski definition) is 1. The van der Waals surface area contributed by atoms with Crippen LogP contribution in [0.1, 0.15) is 39.1 Å². The van der Waals surface area contributed by atoms with E-state index >= 15 is 0 Å². The van der Waals surface area contributed by atoms with Gasteiger partial charge in [-0.3, -0.25) is 4.79 Å². The van der Waals surface area contributed by atoms with E-state index in [0.717, 1.165) is 6.42 Å². The summed E-state index contributed by atoms with van der Waals surface area (Å²) in [5.41, 5.74) is 1.71. The molecule has 0 saturated carbocycles. The number of benzene rings is 2. The van der Waals surface area contributed by atoms with Gasteiger partial charge in [-0.05, 0) is 43.0 Å². The Bertz CT molecular complexity index is 788. The predicted octanol–water partition coefficient (Wildman–Crippen LogP) is 2.77. The van der Waals surface area contributed by atoms with Crippen molar-refractivity contribution in [2.75, 3.05) is 14.2 Å². The van der Waals surface area contributed by atoms with Crippen LogP contribution in [0.5, 0.6) is 0 Å². The fraction of sp³-hybridized carbons (Fsp3) is 0.286. The Morgan fingerprint density at radius 2 is 1.63 bits per heavy atom. The van der Waals surface area contributed by atoms with Gasteiger partial charge in [-0.2, -0.15) is 0 Å². The van der Waals surface area contributed by atoms with Crippen molar-refractivity contribution < 1.29 is 23.9 Å². The first kappa shape index (κ1) is 20.2. The third kappa shape index (κ3) is 5.95. The summed E-state index contributed by atoms with van der Waals surface area (Å²) in [4.78, 5) is 36.1. The summed E-state index contributed by atoms with van der Waals surface area (Å²) in [7, 11) is 2.56. The zero-order valence-corrected chi connectivity index (χ0v) is 15.4. The second-order valence-electron chi connectivity index (χ2n) is 6.00. The highest BCUT2D eigenvalue weighted by molar-refractivity contribution is 5.99. The quantitative estimate of drug-likeness (QED) is 0.724. The summed E-state index contributed by atoms with van der Waals surface area (Å²) in [6.07, 6.45) is 1.96. The van der Waals surface area contributed by atoms with Crippen molar-refractivity contribution in [1.29, 1.82) is 0 Å². The van der Waals surface area contributed by atoms with Gasteiger partial charge in [0.25, 0.3) is 5.91 Å². The highest BCUT2D eigenvalue weighted by atomic mass is 16.5. The average molecular weight is 369 g/mol. The van der Waals surface area contributed by atoms with Gasteiger partial charge in [-0.15, -0.1) is 0 Å². The number of carbonyl (C=O) groups excluding carboxylic acids is 3. The summed E-state index contributed by atoms with van der Waals surface area (Å²) >= 11 is 0. The molecule has 0 heterocycles. The minimum atomic E-state index is -0.756. The number of carbonyl (C=O) groups is 3. The lowest BCUT2D eigenvalue weighted by molar-refractivity contribution is -0.143. The minimum absolute atomic E-state index is 0.267. The molecule has 6 heteroatoms. The summed E-state index contributed by atoms with van der Waals surface area (Å²) in [6.45, 7) is 0. The Labute approximate surface area is 158 Å². The molecule has 2 aromatic carbocycles. The molecule has 0 fully saturated rings. The van der Waals surface area contributed by atoms with Crippen LogP contribution in [0.3, 0.4) is 0 Å². The van der Waals surface area contributed by atoms with Gasteiger partial charge < -0.3 is 14.8 Å². The fourth-order valence-electron chi connectivity index (χ4n) is 2.69. The van der Waals surface area contributed by atoms with E-state index in [1.54, 1.807) is 18.2 Å². The van der Waals surface area contributed by atoms with Crippen molar-refractivity contribution in [3.63, 3.8) is 0 Å². The van der Waals surface area contributed by atoms with Gasteiger partial charge in [0.2, 0.25) is 0 Å². The lowest BCUT2D eigenvalue weighted by Gasteiger charge is -2.16. The van der Waals surface area contributed by atoms with E-state index in [9.17, 15) is 14.4 Å². The second-order valence-corrected chi connectivity index (χ2v) is 6.00. The molecule has 0 bridgehead atoms. The largest absolute Gasteiger partial charge is 0.467 e. The lowest BCUT2D eigenvalue weighted by atomic mass is 10.0. The first-order valence-electron chi connectivity index (χ1n) is 8.66. The number of esters is 2. The van der Waals surface area contributed by atoms with E-state index in [-0.39, 0.29) is 11.1 Å². The lowest BCUT2D eigenvalue weighted by Crippen LogP contribution is -2.41. The van der Waals surface area contributed by atoms with E-state index < -0.39 is 23.9 Å². The Hall–Kier alpha value is -3.15. The third-order valence-corrected chi connectivity index (χ3v) is 4.14. The maximum absolute atomic E-state index is 12.5. The van der Waals surface area contributed by atoms with Crippen molar-refractivity contribution in [2.24, 2.45) is 0 Å². The van der Waals surface area contributed by atoms with Crippen LogP contribution in [-0.2, 0) is 20.7 Å². The normalized spacial score (nSPS) is 11.3. The molecule has 2 aromatic rings. The van der Waals surface area contributed by atoms with E-state index in [2.05, 4.69) is 10.1 Å². The molecular formula is C21H23NO5. The highest BCUT2D eigenvalue weighted by Crippen LogP contribution is 2.10. The molecule has 0 spiro atoms. The molecule has 0 aliphatic rings. The minimum Gasteiger partial charge on any atom is -0.467 e. The molecule has 1 N–H and O–H groups in total. The van der Waals surface area contributed by atoms with Crippen molar-refractivity contribution in [3.05, 3.63) is 71.3 Å². The summed E-state index contributed by atoms with van der Waals surface area (Å²) in [6, 6.07) is 15.3. The topological polar surface area (TPSA) is 81.7 Å². The van der Waals surface area contributed by atoms with Crippen LogP contribution in [0.15, 0.2) is 54.6 Å². The zero-order valence-electron chi connectivity index (χ0n) is 15.4. The summed E-state index contributed by atoms with van der Waals surface area (Å²) in [5.74, 6) is -1.48. The van der Waals surface area contributed by atoms with Crippen LogP contribution in [0, 0.1) is 0 Å². The molecule has 6 nitrogen and oxygen atoms in total. The van der Waals surface area contributed by atoms with Crippen LogP contribution < -0.4 is 5.32 Å². The Morgan fingerprint density at radius 1 is 0.926 bits per heavy atom. The van der Waals surface area contributed by atoms with Gasteiger partial charge >= 0.3 is 11.9 Å². The molecule has 142 valence electrons. The third-order valence-electron chi connectivity index (χ3n) is 4.14. The van der Waals surface area contributed by atoms with Crippen LogP contribution in [0.25, 0.3) is 0 Å². The number of ether oxygens (including phenoxy) is 2. The van der Waals surface area contributed by atoms with E-state index in [0.29, 0.717) is 12.8 Å². The molecule has 27 heavy (non-hydrogen) atoms. The van der Waals surface area contributed by atoms with Gasteiger partial charge in [0.1, 0.15) is 6.04 Å². The predicted molar refractivity (Wildman–Crippen MR) is 100 cm³/mol. The first-order valence-corrected chi connectivity index (χ1v) is 8.66.